The van der Waals surface area contributed by atoms with Crippen LogP contribution in [0.2, 0.25) is 0 Å². The second kappa shape index (κ2) is 6.76. The van der Waals surface area contributed by atoms with E-state index >= 15 is 0 Å². The maximum Gasteiger partial charge on any atom is 0.254 e. The predicted molar refractivity (Wildman–Crippen MR) is 83.2 cm³/mol. The summed E-state index contributed by atoms with van der Waals surface area (Å²) in [6, 6.07) is 6.02. The van der Waals surface area contributed by atoms with Crippen LogP contribution in [0.5, 0.6) is 0 Å². The molecule has 1 saturated heterocycles. The van der Waals surface area contributed by atoms with Crippen LogP contribution in [0.1, 0.15) is 31.1 Å². The van der Waals surface area contributed by atoms with E-state index in [1.54, 1.807) is 24.0 Å². The average molecular weight is 326 g/mol. The summed E-state index contributed by atoms with van der Waals surface area (Å²) in [7, 11) is -3.49. The molecule has 0 saturated carbocycles. The van der Waals surface area contributed by atoms with E-state index in [1.165, 1.54) is 12.1 Å². The minimum absolute atomic E-state index is 0.00102. The van der Waals surface area contributed by atoms with Crippen LogP contribution in [0, 0.1) is 0 Å². The van der Waals surface area contributed by atoms with E-state index in [1.807, 2.05) is 13.8 Å². The van der Waals surface area contributed by atoms with Crippen LogP contribution < -0.4 is 4.72 Å². The summed E-state index contributed by atoms with van der Waals surface area (Å²) in [5.41, 5.74) is 0.483. The van der Waals surface area contributed by atoms with Gasteiger partial charge in [0.05, 0.1) is 17.1 Å². The minimum atomic E-state index is -3.49. The van der Waals surface area contributed by atoms with Crippen molar-refractivity contribution in [3.8, 4) is 0 Å². The number of benzene rings is 1. The first-order valence-corrected chi connectivity index (χ1v) is 8.86. The molecule has 1 amide bonds. The summed E-state index contributed by atoms with van der Waals surface area (Å²) in [6.07, 6.45) is 0.00205. The number of sulfonamides is 1. The van der Waals surface area contributed by atoms with Crippen molar-refractivity contribution in [3.05, 3.63) is 29.8 Å². The second-order valence-electron chi connectivity index (χ2n) is 5.49. The number of hydrogen-bond donors (Lipinski definition) is 1. The molecular weight excluding hydrogens is 304 g/mol. The molecule has 1 aromatic carbocycles. The smallest absolute Gasteiger partial charge is 0.254 e. The number of nitrogens with zero attached hydrogens (tertiary/aromatic N) is 1. The zero-order valence-corrected chi connectivity index (χ0v) is 13.9. The molecule has 2 rings (SSSR count). The van der Waals surface area contributed by atoms with Gasteiger partial charge in [0, 0.05) is 25.2 Å². The van der Waals surface area contributed by atoms with Gasteiger partial charge in [-0.25, -0.2) is 13.1 Å². The van der Waals surface area contributed by atoms with Crippen molar-refractivity contribution in [3.63, 3.8) is 0 Å². The zero-order chi connectivity index (χ0) is 16.3. The fourth-order valence-corrected chi connectivity index (χ4v) is 3.62. The highest BCUT2D eigenvalue weighted by Gasteiger charge is 2.26. The molecule has 0 unspecified atom stereocenters. The summed E-state index contributed by atoms with van der Waals surface area (Å²) in [5.74, 6) is -0.102. The zero-order valence-electron chi connectivity index (χ0n) is 13.1. The molecule has 122 valence electrons. The van der Waals surface area contributed by atoms with Gasteiger partial charge in [0.25, 0.3) is 5.91 Å². The highest BCUT2D eigenvalue weighted by atomic mass is 32.2. The number of hydrogen-bond acceptors (Lipinski definition) is 4. The third kappa shape index (κ3) is 3.85. The Labute approximate surface area is 131 Å². The SMILES string of the molecule is CCNS(=O)(=O)c1ccc(C(=O)N2C[C@H](C)O[C@@H](C)C2)cc1. The van der Waals surface area contributed by atoms with Crippen molar-refractivity contribution in [1.29, 1.82) is 0 Å². The lowest BCUT2D eigenvalue weighted by atomic mass is 10.1. The van der Waals surface area contributed by atoms with Gasteiger partial charge < -0.3 is 9.64 Å². The number of carbonyl (C=O) groups excluding carboxylic acids is 1. The van der Waals surface area contributed by atoms with Crippen molar-refractivity contribution in [1.82, 2.24) is 9.62 Å². The molecule has 1 aliphatic rings. The quantitative estimate of drug-likeness (QED) is 0.903. The van der Waals surface area contributed by atoms with Crippen LogP contribution in [-0.2, 0) is 14.8 Å². The Balaban J connectivity index is 2.15. The Bertz CT molecular complexity index is 617. The van der Waals surface area contributed by atoms with Crippen LogP contribution in [0.25, 0.3) is 0 Å². The lowest BCUT2D eigenvalue weighted by Gasteiger charge is -2.35. The number of ether oxygens (including phenoxy) is 1. The first-order valence-electron chi connectivity index (χ1n) is 7.38. The molecule has 1 N–H and O–H groups in total. The van der Waals surface area contributed by atoms with E-state index in [9.17, 15) is 13.2 Å². The Morgan fingerprint density at radius 2 is 1.77 bits per heavy atom. The van der Waals surface area contributed by atoms with Crippen molar-refractivity contribution in [2.75, 3.05) is 19.6 Å². The van der Waals surface area contributed by atoms with Gasteiger partial charge in [-0.3, -0.25) is 4.79 Å². The number of nitrogens with one attached hydrogen (secondary N) is 1. The first-order chi connectivity index (χ1) is 10.3. The lowest BCUT2D eigenvalue weighted by Crippen LogP contribution is -2.48. The molecule has 7 heteroatoms. The molecule has 0 aliphatic carbocycles. The van der Waals surface area contributed by atoms with Gasteiger partial charge in [-0.1, -0.05) is 6.92 Å². The Kier molecular flexibility index (Phi) is 5.20. The van der Waals surface area contributed by atoms with E-state index in [0.29, 0.717) is 25.2 Å². The normalized spacial score (nSPS) is 22.6. The van der Waals surface area contributed by atoms with Crippen LogP contribution >= 0.6 is 0 Å². The molecule has 0 radical (unpaired) electrons. The van der Waals surface area contributed by atoms with Gasteiger partial charge in [0.15, 0.2) is 0 Å². The van der Waals surface area contributed by atoms with Gasteiger partial charge in [0.1, 0.15) is 0 Å². The van der Waals surface area contributed by atoms with Crippen molar-refractivity contribution in [2.45, 2.75) is 37.9 Å². The number of amides is 1. The third-order valence-corrected chi connectivity index (χ3v) is 5.01. The van der Waals surface area contributed by atoms with E-state index < -0.39 is 10.0 Å². The Morgan fingerprint density at radius 3 is 2.27 bits per heavy atom. The first kappa shape index (κ1) is 16.9. The van der Waals surface area contributed by atoms with Crippen molar-refractivity contribution < 1.29 is 17.9 Å². The number of morpholine rings is 1. The molecule has 1 heterocycles. The van der Waals surface area contributed by atoms with Crippen molar-refractivity contribution in [2.24, 2.45) is 0 Å². The fraction of sp³-hybridized carbons (Fsp3) is 0.533. The largest absolute Gasteiger partial charge is 0.372 e. The van der Waals surface area contributed by atoms with Crippen LogP contribution in [0.15, 0.2) is 29.2 Å². The molecular formula is C15H22N2O4S. The van der Waals surface area contributed by atoms with E-state index in [4.69, 9.17) is 4.74 Å². The monoisotopic (exact) mass is 326 g/mol. The molecule has 2 atom stereocenters. The van der Waals surface area contributed by atoms with E-state index in [0.717, 1.165) is 0 Å². The van der Waals surface area contributed by atoms with Crippen LogP contribution in [0.3, 0.4) is 0 Å². The molecule has 1 aromatic rings. The van der Waals surface area contributed by atoms with Gasteiger partial charge in [-0.15, -0.1) is 0 Å². The molecule has 0 bridgehead atoms. The maximum absolute atomic E-state index is 12.5. The van der Waals surface area contributed by atoms with Gasteiger partial charge in [0.2, 0.25) is 10.0 Å². The van der Waals surface area contributed by atoms with E-state index in [-0.39, 0.29) is 23.0 Å². The van der Waals surface area contributed by atoms with E-state index in [2.05, 4.69) is 4.72 Å². The van der Waals surface area contributed by atoms with Gasteiger partial charge >= 0.3 is 0 Å². The number of rotatable bonds is 4. The molecule has 1 fully saturated rings. The highest BCUT2D eigenvalue weighted by molar-refractivity contribution is 7.89. The molecule has 22 heavy (non-hydrogen) atoms. The molecule has 6 nitrogen and oxygen atoms in total. The lowest BCUT2D eigenvalue weighted by molar-refractivity contribution is -0.0586. The molecule has 1 aliphatic heterocycles. The topological polar surface area (TPSA) is 75.7 Å². The summed E-state index contributed by atoms with van der Waals surface area (Å²) in [4.78, 5) is 14.4. The molecule has 0 spiro atoms. The average Bonchev–Trinajstić information content (AvgIpc) is 2.45. The Hall–Kier alpha value is -1.44. The fourth-order valence-electron chi connectivity index (χ4n) is 2.58. The van der Waals surface area contributed by atoms with Crippen molar-refractivity contribution >= 4 is 15.9 Å². The third-order valence-electron chi connectivity index (χ3n) is 3.45. The van der Waals surface area contributed by atoms with Crippen LogP contribution in [-0.4, -0.2) is 51.1 Å². The summed E-state index contributed by atoms with van der Waals surface area (Å²) in [6.45, 7) is 6.99. The predicted octanol–water partition coefficient (Wildman–Crippen LogP) is 1.23. The second-order valence-corrected chi connectivity index (χ2v) is 7.26. The minimum Gasteiger partial charge on any atom is -0.372 e. The highest BCUT2D eigenvalue weighted by Crippen LogP contribution is 2.16. The van der Waals surface area contributed by atoms with Gasteiger partial charge in [-0.05, 0) is 38.1 Å². The summed E-state index contributed by atoms with van der Waals surface area (Å²) in [5, 5.41) is 0. The Morgan fingerprint density at radius 1 is 1.23 bits per heavy atom. The van der Waals surface area contributed by atoms with Crippen LogP contribution in [0.4, 0.5) is 0 Å². The van der Waals surface area contributed by atoms with Gasteiger partial charge in [-0.2, -0.15) is 0 Å². The summed E-state index contributed by atoms with van der Waals surface area (Å²) >= 11 is 0. The standard InChI is InChI=1S/C15H22N2O4S/c1-4-16-22(19,20)14-7-5-13(6-8-14)15(18)17-9-11(2)21-12(3)10-17/h5-8,11-12,16H,4,9-10H2,1-3H3/t11-,12-/m0/s1. The number of carbonyl (C=O) groups is 1. The summed E-state index contributed by atoms with van der Waals surface area (Å²) < 4.78 is 31.8. The maximum atomic E-state index is 12.5. The molecule has 0 aromatic heterocycles.